The van der Waals surface area contributed by atoms with E-state index >= 15 is 0 Å². The van der Waals surface area contributed by atoms with Gasteiger partial charge in [-0.15, -0.1) is 11.3 Å². The maximum absolute atomic E-state index is 13.0. The minimum Gasteiger partial charge on any atom is -0.356 e. The molecule has 1 fully saturated rings. The number of likely N-dealkylation sites (tertiary alicyclic amines) is 1. The number of benzene rings is 1. The van der Waals surface area contributed by atoms with Gasteiger partial charge < -0.3 is 10.6 Å². The van der Waals surface area contributed by atoms with Gasteiger partial charge in [-0.3, -0.25) is 9.89 Å². The van der Waals surface area contributed by atoms with Crippen molar-refractivity contribution in [2.75, 3.05) is 33.2 Å². The molecule has 2 N–H and O–H groups in total. The molecule has 4 nitrogen and oxygen atoms in total. The highest BCUT2D eigenvalue weighted by molar-refractivity contribution is 7.10. The van der Waals surface area contributed by atoms with Crippen LogP contribution in [0.3, 0.4) is 0 Å². The number of hydrogen-bond donors (Lipinski definition) is 2. The molecule has 2 heterocycles. The van der Waals surface area contributed by atoms with E-state index in [4.69, 9.17) is 0 Å². The minimum absolute atomic E-state index is 0.194. The van der Waals surface area contributed by atoms with Gasteiger partial charge in [-0.1, -0.05) is 18.2 Å². The van der Waals surface area contributed by atoms with Crippen LogP contribution < -0.4 is 10.6 Å². The number of nitrogens with zero attached hydrogens (tertiary/aromatic N) is 2. The van der Waals surface area contributed by atoms with Crippen LogP contribution in [-0.4, -0.2) is 44.1 Å². The van der Waals surface area contributed by atoms with Crippen molar-refractivity contribution in [3.8, 4) is 0 Å². The first-order chi connectivity index (χ1) is 12.8. The van der Waals surface area contributed by atoms with E-state index in [-0.39, 0.29) is 5.82 Å². The summed E-state index contributed by atoms with van der Waals surface area (Å²) in [6, 6.07) is 11.4. The van der Waals surface area contributed by atoms with Gasteiger partial charge >= 0.3 is 0 Å². The van der Waals surface area contributed by atoms with Crippen LogP contribution in [0.4, 0.5) is 4.39 Å². The van der Waals surface area contributed by atoms with Crippen molar-refractivity contribution in [2.24, 2.45) is 4.99 Å². The minimum atomic E-state index is -0.194. The molecule has 3 rings (SSSR count). The normalized spacial score (nSPS) is 16.6. The molecule has 1 aliphatic rings. The summed E-state index contributed by atoms with van der Waals surface area (Å²) >= 11 is 1.82. The fourth-order valence-corrected chi connectivity index (χ4v) is 4.19. The van der Waals surface area contributed by atoms with Crippen molar-refractivity contribution in [3.05, 3.63) is 58.0 Å². The van der Waals surface area contributed by atoms with Crippen LogP contribution in [0.1, 0.15) is 29.3 Å². The Morgan fingerprint density at radius 1 is 1.19 bits per heavy atom. The van der Waals surface area contributed by atoms with E-state index in [1.54, 1.807) is 7.05 Å². The summed E-state index contributed by atoms with van der Waals surface area (Å²) in [6.45, 7) is 3.94. The van der Waals surface area contributed by atoms with Crippen molar-refractivity contribution >= 4 is 17.3 Å². The lowest BCUT2D eigenvalue weighted by Gasteiger charge is -2.27. The first kappa shape index (κ1) is 18.9. The van der Waals surface area contributed by atoms with Gasteiger partial charge in [0.15, 0.2) is 5.96 Å². The van der Waals surface area contributed by atoms with E-state index in [0.29, 0.717) is 6.04 Å². The Hall–Kier alpha value is -1.92. The van der Waals surface area contributed by atoms with Crippen LogP contribution in [0, 0.1) is 5.82 Å². The lowest BCUT2D eigenvalue weighted by atomic mass is 10.1. The molecule has 0 bridgehead atoms. The maximum Gasteiger partial charge on any atom is 0.191 e. The lowest BCUT2D eigenvalue weighted by Crippen LogP contribution is -2.43. The van der Waals surface area contributed by atoms with Gasteiger partial charge in [-0.25, -0.2) is 4.39 Å². The second-order valence-corrected chi connectivity index (χ2v) is 7.51. The molecule has 1 aliphatic heterocycles. The van der Waals surface area contributed by atoms with E-state index < -0.39 is 0 Å². The van der Waals surface area contributed by atoms with Crippen LogP contribution in [-0.2, 0) is 6.42 Å². The molecule has 1 saturated heterocycles. The second kappa shape index (κ2) is 9.69. The molecule has 2 aromatic rings. The summed E-state index contributed by atoms with van der Waals surface area (Å²) in [5.41, 5.74) is 1.11. The van der Waals surface area contributed by atoms with E-state index in [1.807, 2.05) is 23.5 Å². The molecule has 140 valence electrons. The van der Waals surface area contributed by atoms with Crippen LogP contribution in [0.15, 0.2) is 46.8 Å². The Labute approximate surface area is 159 Å². The average Bonchev–Trinajstić information content (AvgIpc) is 3.36. The van der Waals surface area contributed by atoms with Gasteiger partial charge in [-0.2, -0.15) is 0 Å². The van der Waals surface area contributed by atoms with E-state index in [0.717, 1.165) is 31.0 Å². The van der Waals surface area contributed by atoms with Crippen LogP contribution in [0.5, 0.6) is 0 Å². The molecule has 0 amide bonds. The number of hydrogen-bond acceptors (Lipinski definition) is 3. The quantitative estimate of drug-likeness (QED) is 0.576. The van der Waals surface area contributed by atoms with Gasteiger partial charge in [0, 0.05) is 25.0 Å². The van der Waals surface area contributed by atoms with Crippen molar-refractivity contribution in [1.82, 2.24) is 15.5 Å². The van der Waals surface area contributed by atoms with E-state index in [2.05, 4.69) is 38.0 Å². The Balaban J connectivity index is 1.49. The van der Waals surface area contributed by atoms with Crippen molar-refractivity contribution in [2.45, 2.75) is 25.3 Å². The molecule has 1 aromatic carbocycles. The zero-order valence-electron chi connectivity index (χ0n) is 15.2. The summed E-state index contributed by atoms with van der Waals surface area (Å²) in [7, 11) is 1.79. The van der Waals surface area contributed by atoms with Crippen molar-refractivity contribution in [3.63, 3.8) is 0 Å². The highest BCUT2D eigenvalue weighted by Gasteiger charge is 2.24. The third-order valence-electron chi connectivity index (χ3n) is 4.76. The maximum atomic E-state index is 13.0. The molecule has 1 atom stereocenters. The fourth-order valence-electron chi connectivity index (χ4n) is 3.33. The zero-order chi connectivity index (χ0) is 18.2. The predicted molar refractivity (Wildman–Crippen MR) is 107 cm³/mol. The molecular weight excluding hydrogens is 347 g/mol. The molecular formula is C20H27FN4S. The van der Waals surface area contributed by atoms with Gasteiger partial charge in [0.1, 0.15) is 5.82 Å². The van der Waals surface area contributed by atoms with Gasteiger partial charge in [0.05, 0.1) is 6.04 Å². The summed E-state index contributed by atoms with van der Waals surface area (Å²) in [5, 5.41) is 8.97. The summed E-state index contributed by atoms with van der Waals surface area (Å²) in [6.07, 6.45) is 3.40. The number of rotatable bonds is 7. The summed E-state index contributed by atoms with van der Waals surface area (Å²) in [4.78, 5) is 8.30. The van der Waals surface area contributed by atoms with Crippen LogP contribution in [0.25, 0.3) is 0 Å². The first-order valence-corrected chi connectivity index (χ1v) is 10.1. The largest absolute Gasteiger partial charge is 0.356 e. The lowest BCUT2D eigenvalue weighted by molar-refractivity contribution is 0.249. The third kappa shape index (κ3) is 5.29. The number of halogens is 1. The molecule has 6 heteroatoms. The second-order valence-electron chi connectivity index (χ2n) is 6.53. The Kier molecular flexibility index (Phi) is 7.03. The number of guanidine groups is 1. The topological polar surface area (TPSA) is 39.7 Å². The van der Waals surface area contributed by atoms with Crippen molar-refractivity contribution in [1.29, 1.82) is 0 Å². The van der Waals surface area contributed by atoms with E-state index in [9.17, 15) is 4.39 Å². The Morgan fingerprint density at radius 2 is 1.96 bits per heavy atom. The SMILES string of the molecule is CN=C(NCCc1ccc(F)cc1)NCC(c1cccs1)N1CCCC1. The molecule has 1 unspecified atom stereocenters. The van der Waals surface area contributed by atoms with Gasteiger partial charge in [0.2, 0.25) is 0 Å². The monoisotopic (exact) mass is 374 g/mol. The number of nitrogens with one attached hydrogen (secondary N) is 2. The highest BCUT2D eigenvalue weighted by Crippen LogP contribution is 2.27. The molecule has 26 heavy (non-hydrogen) atoms. The predicted octanol–water partition coefficient (Wildman–Crippen LogP) is 3.43. The standard InChI is InChI=1S/C20H27FN4S/c1-22-20(23-11-10-16-6-8-17(21)9-7-16)24-15-18(19-5-4-14-26-19)25-12-2-3-13-25/h4-9,14,18H,2-3,10-13,15H2,1H3,(H2,22,23,24). The van der Waals surface area contributed by atoms with E-state index in [1.165, 1.54) is 42.9 Å². The van der Waals surface area contributed by atoms with Gasteiger partial charge in [-0.05, 0) is 61.5 Å². The molecule has 0 saturated carbocycles. The Morgan fingerprint density at radius 3 is 2.62 bits per heavy atom. The van der Waals surface area contributed by atoms with Crippen LogP contribution >= 0.6 is 11.3 Å². The number of aliphatic imine (C=N–C) groups is 1. The highest BCUT2D eigenvalue weighted by atomic mass is 32.1. The van der Waals surface area contributed by atoms with Crippen LogP contribution in [0.2, 0.25) is 0 Å². The third-order valence-corrected chi connectivity index (χ3v) is 5.73. The average molecular weight is 375 g/mol. The molecule has 1 aromatic heterocycles. The molecule has 0 radical (unpaired) electrons. The summed E-state index contributed by atoms with van der Waals surface area (Å²) in [5.74, 6) is 0.619. The number of thiophene rings is 1. The first-order valence-electron chi connectivity index (χ1n) is 9.22. The smallest absolute Gasteiger partial charge is 0.191 e. The van der Waals surface area contributed by atoms with Crippen molar-refractivity contribution < 1.29 is 4.39 Å². The zero-order valence-corrected chi connectivity index (χ0v) is 16.1. The Bertz CT molecular complexity index is 678. The molecule has 0 aliphatic carbocycles. The molecule has 0 spiro atoms. The fraction of sp³-hybridized carbons (Fsp3) is 0.450. The summed E-state index contributed by atoms with van der Waals surface area (Å²) < 4.78 is 13.0. The van der Waals surface area contributed by atoms with Gasteiger partial charge in [0.25, 0.3) is 0 Å².